The van der Waals surface area contributed by atoms with Gasteiger partial charge in [-0.05, 0) is 24.1 Å². The van der Waals surface area contributed by atoms with Crippen molar-refractivity contribution in [3.05, 3.63) is 52.5 Å². The fourth-order valence-electron chi connectivity index (χ4n) is 1.91. The highest BCUT2D eigenvalue weighted by Crippen LogP contribution is 2.27. The lowest BCUT2D eigenvalue weighted by molar-refractivity contribution is 0.101. The van der Waals surface area contributed by atoms with E-state index in [0.717, 1.165) is 0 Å². The first-order chi connectivity index (χ1) is 8.63. The summed E-state index contributed by atoms with van der Waals surface area (Å²) < 4.78 is 14.0. The van der Waals surface area contributed by atoms with Crippen LogP contribution in [0.4, 0.5) is 4.39 Å². The molecule has 1 aromatic carbocycles. The molecule has 2 aromatic rings. The van der Waals surface area contributed by atoms with Gasteiger partial charge in [0, 0.05) is 0 Å². The lowest BCUT2D eigenvalue weighted by Gasteiger charge is -2.21. The second-order valence-electron chi connectivity index (χ2n) is 4.01. The van der Waals surface area contributed by atoms with Crippen LogP contribution in [0.15, 0.2) is 35.4 Å². The predicted molar refractivity (Wildman–Crippen MR) is 63.5 cm³/mol. The number of aliphatic hydroxyl groups is 1. The van der Waals surface area contributed by atoms with Crippen LogP contribution in [0.5, 0.6) is 0 Å². The van der Waals surface area contributed by atoms with E-state index < -0.39 is 12.1 Å². The first kappa shape index (κ1) is 12.5. The molecule has 2 atom stereocenters. The van der Waals surface area contributed by atoms with Crippen LogP contribution in [0.3, 0.4) is 0 Å². The van der Waals surface area contributed by atoms with Gasteiger partial charge in [0.05, 0.1) is 6.04 Å². The van der Waals surface area contributed by atoms with Gasteiger partial charge in [0.1, 0.15) is 18.2 Å². The molecule has 0 fully saturated rings. The average molecular weight is 251 g/mol. The third-order valence-electron chi connectivity index (χ3n) is 2.89. The summed E-state index contributed by atoms with van der Waals surface area (Å²) in [5.74, 6) is -0.365. The second-order valence-corrected chi connectivity index (χ2v) is 4.01. The number of hydrogen-bond donors (Lipinski definition) is 2. The molecule has 0 aliphatic heterocycles. The molecule has 2 unspecified atom stereocenters. The van der Waals surface area contributed by atoms with Gasteiger partial charge in [-0.25, -0.2) is 13.9 Å². The molecule has 0 saturated carbocycles. The van der Waals surface area contributed by atoms with E-state index in [0.29, 0.717) is 12.0 Å². The minimum Gasteiger partial charge on any atom is -0.386 e. The summed E-state index contributed by atoms with van der Waals surface area (Å²) in [4.78, 5) is 13.9. The molecule has 96 valence electrons. The molecular weight excluding hydrogens is 237 g/mol. The number of aliphatic hydroxyl groups excluding tert-OH is 1. The van der Waals surface area contributed by atoms with E-state index in [1.165, 1.54) is 35.3 Å². The Kier molecular flexibility index (Phi) is 3.57. The van der Waals surface area contributed by atoms with Crippen molar-refractivity contribution < 1.29 is 9.50 Å². The van der Waals surface area contributed by atoms with Crippen molar-refractivity contribution >= 4 is 0 Å². The Morgan fingerprint density at radius 3 is 2.61 bits per heavy atom. The van der Waals surface area contributed by atoms with Gasteiger partial charge in [-0.1, -0.05) is 19.1 Å². The molecule has 6 heteroatoms. The van der Waals surface area contributed by atoms with Crippen LogP contribution in [0.25, 0.3) is 0 Å². The van der Waals surface area contributed by atoms with E-state index >= 15 is 0 Å². The number of benzene rings is 1. The number of H-pyrrole nitrogens is 1. The summed E-state index contributed by atoms with van der Waals surface area (Å²) in [6, 6.07) is 5.08. The molecule has 18 heavy (non-hydrogen) atoms. The van der Waals surface area contributed by atoms with Crippen molar-refractivity contribution in [2.75, 3.05) is 0 Å². The summed E-state index contributed by atoms with van der Waals surface area (Å²) in [6.45, 7) is 1.85. The minimum absolute atomic E-state index is 0.365. The van der Waals surface area contributed by atoms with Crippen LogP contribution in [0.1, 0.15) is 31.1 Å². The summed E-state index contributed by atoms with van der Waals surface area (Å²) in [5.41, 5.74) is 0.182. The highest BCUT2D eigenvalue weighted by Gasteiger charge is 2.23. The molecule has 0 bridgehead atoms. The zero-order chi connectivity index (χ0) is 13.1. The fraction of sp³-hybridized carbons (Fsp3) is 0.333. The Hall–Kier alpha value is -1.95. The Labute approximate surface area is 103 Å². The molecule has 1 heterocycles. The van der Waals surface area contributed by atoms with Gasteiger partial charge in [0.15, 0.2) is 0 Å². The van der Waals surface area contributed by atoms with Crippen molar-refractivity contribution in [3.8, 4) is 0 Å². The quantitative estimate of drug-likeness (QED) is 0.862. The van der Waals surface area contributed by atoms with E-state index in [-0.39, 0.29) is 11.5 Å². The molecule has 0 saturated heterocycles. The summed E-state index contributed by atoms with van der Waals surface area (Å²) in [5, 5.41) is 14.1. The SMILES string of the molecule is CCC(C(O)c1ccc(F)cc1)n1nc[nH]c1=O. The molecule has 0 aliphatic rings. The van der Waals surface area contributed by atoms with Gasteiger partial charge in [-0.15, -0.1) is 0 Å². The topological polar surface area (TPSA) is 70.9 Å². The zero-order valence-electron chi connectivity index (χ0n) is 9.88. The van der Waals surface area contributed by atoms with Gasteiger partial charge in [-0.3, -0.25) is 4.98 Å². The standard InChI is InChI=1S/C12H14FN3O2/c1-2-10(16-12(18)14-7-15-16)11(17)8-3-5-9(13)6-4-8/h3-7,10-11,17H,2H2,1H3,(H,14,15,18). The van der Waals surface area contributed by atoms with Crippen LogP contribution < -0.4 is 5.69 Å². The fourth-order valence-corrected chi connectivity index (χ4v) is 1.91. The third kappa shape index (κ3) is 2.33. The van der Waals surface area contributed by atoms with Gasteiger partial charge in [0.25, 0.3) is 0 Å². The molecule has 0 spiro atoms. The van der Waals surface area contributed by atoms with Crippen molar-refractivity contribution in [2.45, 2.75) is 25.5 Å². The highest BCUT2D eigenvalue weighted by molar-refractivity contribution is 5.19. The zero-order valence-corrected chi connectivity index (χ0v) is 9.88. The highest BCUT2D eigenvalue weighted by atomic mass is 19.1. The summed E-state index contributed by atoms with van der Waals surface area (Å²) in [7, 11) is 0. The molecule has 5 nitrogen and oxygen atoms in total. The van der Waals surface area contributed by atoms with Crippen LogP contribution in [0, 0.1) is 5.82 Å². The molecule has 1 aromatic heterocycles. The monoisotopic (exact) mass is 251 g/mol. The van der Waals surface area contributed by atoms with Gasteiger partial charge in [-0.2, -0.15) is 5.10 Å². The van der Waals surface area contributed by atoms with Crippen LogP contribution >= 0.6 is 0 Å². The lowest BCUT2D eigenvalue weighted by atomic mass is 10.0. The Balaban J connectivity index is 2.31. The third-order valence-corrected chi connectivity index (χ3v) is 2.89. The average Bonchev–Trinajstić information content (AvgIpc) is 2.78. The van der Waals surface area contributed by atoms with E-state index in [4.69, 9.17) is 0 Å². The maximum absolute atomic E-state index is 12.8. The van der Waals surface area contributed by atoms with Crippen molar-refractivity contribution in [1.82, 2.24) is 14.8 Å². The van der Waals surface area contributed by atoms with Gasteiger partial charge >= 0.3 is 5.69 Å². The Morgan fingerprint density at radius 2 is 2.11 bits per heavy atom. The van der Waals surface area contributed by atoms with Gasteiger partial charge < -0.3 is 5.11 Å². The molecular formula is C12H14FN3O2. The second kappa shape index (κ2) is 5.14. The number of halogens is 1. The maximum atomic E-state index is 12.8. The van der Waals surface area contributed by atoms with Crippen LogP contribution in [0.2, 0.25) is 0 Å². The largest absolute Gasteiger partial charge is 0.386 e. The van der Waals surface area contributed by atoms with Crippen molar-refractivity contribution in [2.24, 2.45) is 0 Å². The van der Waals surface area contributed by atoms with E-state index in [1.807, 2.05) is 6.92 Å². The number of aromatic nitrogens is 3. The lowest BCUT2D eigenvalue weighted by Crippen LogP contribution is -2.27. The van der Waals surface area contributed by atoms with Crippen LogP contribution in [-0.4, -0.2) is 19.9 Å². The van der Waals surface area contributed by atoms with Crippen molar-refractivity contribution in [3.63, 3.8) is 0 Å². The number of nitrogens with one attached hydrogen (secondary N) is 1. The van der Waals surface area contributed by atoms with E-state index in [1.54, 1.807) is 0 Å². The van der Waals surface area contributed by atoms with E-state index in [2.05, 4.69) is 10.1 Å². The Bertz CT molecular complexity index is 561. The first-order valence-electron chi connectivity index (χ1n) is 5.69. The number of rotatable bonds is 4. The Morgan fingerprint density at radius 1 is 1.44 bits per heavy atom. The molecule has 0 amide bonds. The molecule has 2 rings (SSSR count). The molecule has 0 aliphatic carbocycles. The molecule has 0 radical (unpaired) electrons. The van der Waals surface area contributed by atoms with Crippen LogP contribution in [-0.2, 0) is 0 Å². The number of nitrogens with zero attached hydrogens (tertiary/aromatic N) is 2. The normalized spacial score (nSPS) is 14.4. The first-order valence-corrected chi connectivity index (χ1v) is 5.69. The van der Waals surface area contributed by atoms with E-state index in [9.17, 15) is 14.3 Å². The summed E-state index contributed by atoms with van der Waals surface area (Å²) in [6.07, 6.45) is 0.905. The maximum Gasteiger partial charge on any atom is 0.343 e. The smallest absolute Gasteiger partial charge is 0.343 e. The number of hydrogen-bond acceptors (Lipinski definition) is 3. The minimum atomic E-state index is -0.906. The van der Waals surface area contributed by atoms with Gasteiger partial charge in [0.2, 0.25) is 0 Å². The summed E-state index contributed by atoms with van der Waals surface area (Å²) >= 11 is 0. The predicted octanol–water partition coefficient (Wildman–Crippen LogP) is 1.40. The molecule has 2 N–H and O–H groups in total. The number of aromatic amines is 1. The van der Waals surface area contributed by atoms with Crippen molar-refractivity contribution in [1.29, 1.82) is 0 Å².